The number of carbonyl (C=O) groups is 3. The lowest BCUT2D eigenvalue weighted by Gasteiger charge is -2.46. The summed E-state index contributed by atoms with van der Waals surface area (Å²) in [7, 11) is 1.85. The third-order valence-electron chi connectivity index (χ3n) is 7.09. The van der Waals surface area contributed by atoms with Gasteiger partial charge in [-0.2, -0.15) is 5.10 Å². The number of aliphatic hydroxyl groups excluding tert-OH is 1. The number of aryl methyl sites for hydroxylation is 1. The van der Waals surface area contributed by atoms with Crippen molar-refractivity contribution in [2.75, 3.05) is 19.8 Å². The highest BCUT2D eigenvalue weighted by Gasteiger charge is 2.60. The number of aliphatic hydroxyl groups is 1. The molecule has 3 aliphatic rings. The molecule has 37 heavy (non-hydrogen) atoms. The number of β-lactam (4-membered cyclic amide) rings is 1. The smallest absolute Gasteiger partial charge is 0.410 e. The maximum atomic E-state index is 13.0. The van der Waals surface area contributed by atoms with Crippen LogP contribution < -0.4 is 0 Å². The molecule has 0 aliphatic carbocycles. The van der Waals surface area contributed by atoms with Crippen LogP contribution in [0.4, 0.5) is 4.79 Å². The van der Waals surface area contributed by atoms with Gasteiger partial charge in [-0.15, -0.1) is 11.8 Å². The third-order valence-corrected chi connectivity index (χ3v) is 8.59. The van der Waals surface area contributed by atoms with Crippen molar-refractivity contribution in [3.63, 3.8) is 0 Å². The summed E-state index contributed by atoms with van der Waals surface area (Å²) in [5.74, 6) is -1.58. The SMILES string of the molecule is C=CCOC(=O)C1=C(S[C@H]2C[C@@H](Cc3cnn(C)c3)N(C(=O)OCC=C)C2)[C@H](C)[C@@H]2[C@@H]([C@@H](C)O)C(=O)N12. The van der Waals surface area contributed by atoms with Crippen molar-refractivity contribution in [2.24, 2.45) is 18.9 Å². The van der Waals surface area contributed by atoms with Crippen LogP contribution >= 0.6 is 11.8 Å². The lowest BCUT2D eigenvalue weighted by atomic mass is 9.79. The number of ether oxygens (including phenoxy) is 2. The van der Waals surface area contributed by atoms with Crippen molar-refractivity contribution in [3.05, 3.63) is 53.9 Å². The minimum atomic E-state index is -0.823. The van der Waals surface area contributed by atoms with Crippen LogP contribution in [0.5, 0.6) is 0 Å². The van der Waals surface area contributed by atoms with Crippen LogP contribution in [-0.2, 0) is 32.5 Å². The molecule has 3 aliphatic heterocycles. The first kappa shape index (κ1) is 27.0. The van der Waals surface area contributed by atoms with E-state index >= 15 is 0 Å². The highest BCUT2D eigenvalue weighted by molar-refractivity contribution is 8.03. The summed E-state index contributed by atoms with van der Waals surface area (Å²) in [5.41, 5.74) is 1.25. The average molecular weight is 531 g/mol. The molecule has 0 unspecified atom stereocenters. The monoisotopic (exact) mass is 530 g/mol. The molecule has 0 aromatic carbocycles. The number of carbonyl (C=O) groups excluding carboxylic acids is 3. The molecule has 0 radical (unpaired) electrons. The van der Waals surface area contributed by atoms with Crippen molar-refractivity contribution in [3.8, 4) is 0 Å². The molecular weight excluding hydrogens is 496 g/mol. The van der Waals surface area contributed by atoms with Gasteiger partial charge in [0.05, 0.1) is 24.3 Å². The summed E-state index contributed by atoms with van der Waals surface area (Å²) < 4.78 is 12.4. The Morgan fingerprint density at radius 1 is 1.30 bits per heavy atom. The molecule has 6 atom stereocenters. The minimum Gasteiger partial charge on any atom is -0.457 e. The van der Waals surface area contributed by atoms with Crippen LogP contribution in [0, 0.1) is 11.8 Å². The standard InChI is InChI=1S/C26H34N4O6S/c1-6-8-35-25(33)22-23(15(3)21-20(16(4)31)24(32)30(21)22)37-19-11-18(10-17-12-27-28(5)13-17)29(14-19)26(34)36-9-7-2/h6-7,12-13,15-16,18-21,31H,1-2,8-11,14H2,3-5H3/t15-,16-,18-,19+,20-,21-/m1/s1. The molecule has 11 heteroatoms. The van der Waals surface area contributed by atoms with E-state index in [4.69, 9.17) is 9.47 Å². The fourth-order valence-corrected chi connectivity index (χ4v) is 7.05. The molecule has 0 bridgehead atoms. The molecule has 0 spiro atoms. The average Bonchev–Trinajstić information content (AvgIpc) is 3.51. The molecule has 10 nitrogen and oxygen atoms in total. The van der Waals surface area contributed by atoms with Gasteiger partial charge in [0.25, 0.3) is 0 Å². The fraction of sp³-hybridized carbons (Fsp3) is 0.538. The van der Waals surface area contributed by atoms with Gasteiger partial charge in [-0.05, 0) is 25.3 Å². The Balaban J connectivity index is 1.59. The Labute approximate surface area is 220 Å². The van der Waals surface area contributed by atoms with Gasteiger partial charge >= 0.3 is 12.1 Å². The van der Waals surface area contributed by atoms with Gasteiger partial charge in [0, 0.05) is 41.9 Å². The molecule has 1 aromatic rings. The van der Waals surface area contributed by atoms with E-state index in [1.165, 1.54) is 28.8 Å². The highest BCUT2D eigenvalue weighted by atomic mass is 32.2. The molecule has 2 fully saturated rings. The number of hydrogen-bond acceptors (Lipinski definition) is 8. The lowest BCUT2D eigenvalue weighted by molar-refractivity contribution is -0.164. The maximum absolute atomic E-state index is 13.0. The van der Waals surface area contributed by atoms with E-state index in [1.807, 2.05) is 20.2 Å². The van der Waals surface area contributed by atoms with Gasteiger partial charge < -0.3 is 24.4 Å². The van der Waals surface area contributed by atoms with Crippen molar-refractivity contribution in [2.45, 2.75) is 50.1 Å². The largest absolute Gasteiger partial charge is 0.457 e. The topological polar surface area (TPSA) is 114 Å². The van der Waals surface area contributed by atoms with Crippen LogP contribution in [0.1, 0.15) is 25.8 Å². The van der Waals surface area contributed by atoms with Crippen LogP contribution in [0.3, 0.4) is 0 Å². The zero-order chi connectivity index (χ0) is 26.9. The second kappa shape index (κ2) is 11.1. The van der Waals surface area contributed by atoms with E-state index in [0.29, 0.717) is 19.4 Å². The first-order valence-electron chi connectivity index (χ1n) is 12.4. The van der Waals surface area contributed by atoms with E-state index in [2.05, 4.69) is 18.3 Å². The van der Waals surface area contributed by atoms with Gasteiger partial charge in [-0.25, -0.2) is 9.59 Å². The number of thioether (sulfide) groups is 1. The molecule has 1 N–H and O–H groups in total. The molecule has 4 heterocycles. The summed E-state index contributed by atoms with van der Waals surface area (Å²) in [5, 5.41) is 14.4. The van der Waals surface area contributed by atoms with Gasteiger partial charge in [0.15, 0.2) is 0 Å². The van der Waals surface area contributed by atoms with Gasteiger partial charge in [-0.3, -0.25) is 9.48 Å². The molecule has 2 amide bonds. The number of hydrogen-bond donors (Lipinski definition) is 1. The predicted octanol–water partition coefficient (Wildman–Crippen LogP) is 2.26. The van der Waals surface area contributed by atoms with Gasteiger partial charge in [-0.1, -0.05) is 32.2 Å². The van der Waals surface area contributed by atoms with E-state index in [9.17, 15) is 19.5 Å². The maximum Gasteiger partial charge on any atom is 0.410 e. The number of amides is 2. The number of esters is 1. The first-order chi connectivity index (χ1) is 17.7. The second-order valence-electron chi connectivity index (χ2n) is 9.73. The summed E-state index contributed by atoms with van der Waals surface area (Å²) in [6.45, 7) is 11.3. The zero-order valence-corrected chi connectivity index (χ0v) is 22.2. The summed E-state index contributed by atoms with van der Waals surface area (Å²) in [6.07, 6.45) is 6.78. The van der Waals surface area contributed by atoms with E-state index in [-0.39, 0.29) is 48.1 Å². The third kappa shape index (κ3) is 5.19. The predicted molar refractivity (Wildman–Crippen MR) is 138 cm³/mol. The Kier molecular flexibility index (Phi) is 8.13. The summed E-state index contributed by atoms with van der Waals surface area (Å²) in [6, 6.07) is -0.418. The molecule has 1 aromatic heterocycles. The van der Waals surface area contributed by atoms with Crippen molar-refractivity contribution in [1.29, 1.82) is 0 Å². The minimum absolute atomic E-state index is 0.0285. The van der Waals surface area contributed by atoms with Crippen LogP contribution in [0.25, 0.3) is 0 Å². The van der Waals surface area contributed by atoms with Crippen molar-refractivity contribution in [1.82, 2.24) is 19.6 Å². The van der Waals surface area contributed by atoms with E-state index < -0.39 is 24.1 Å². The molecule has 4 rings (SSSR count). The van der Waals surface area contributed by atoms with Gasteiger partial charge in [0.1, 0.15) is 18.9 Å². The molecular formula is C26H34N4O6S. The Morgan fingerprint density at radius 3 is 2.62 bits per heavy atom. The van der Waals surface area contributed by atoms with Gasteiger partial charge in [0.2, 0.25) is 5.91 Å². The number of rotatable bonds is 10. The van der Waals surface area contributed by atoms with Crippen LogP contribution in [0.2, 0.25) is 0 Å². The number of fused-ring (bicyclic) bond motifs is 1. The highest BCUT2D eigenvalue weighted by Crippen LogP contribution is 2.52. The van der Waals surface area contributed by atoms with E-state index in [1.54, 1.807) is 22.7 Å². The van der Waals surface area contributed by atoms with Crippen LogP contribution in [0.15, 0.2) is 48.3 Å². The number of aromatic nitrogens is 2. The fourth-order valence-electron chi connectivity index (χ4n) is 5.49. The quantitative estimate of drug-likeness (QED) is 0.278. The summed E-state index contributed by atoms with van der Waals surface area (Å²) in [4.78, 5) is 42.8. The normalized spacial score (nSPS) is 27.6. The Bertz CT molecular complexity index is 1110. The first-order valence-corrected chi connectivity index (χ1v) is 13.3. The lowest BCUT2D eigenvalue weighted by Crippen LogP contribution is -2.63. The second-order valence-corrected chi connectivity index (χ2v) is 11.1. The Morgan fingerprint density at radius 2 is 2.00 bits per heavy atom. The molecule has 200 valence electrons. The van der Waals surface area contributed by atoms with Crippen molar-refractivity contribution < 1.29 is 29.0 Å². The number of nitrogens with zero attached hydrogens (tertiary/aromatic N) is 4. The molecule has 0 saturated carbocycles. The number of likely N-dealkylation sites (tertiary alicyclic amines) is 1. The van der Waals surface area contributed by atoms with Crippen molar-refractivity contribution >= 4 is 29.7 Å². The summed E-state index contributed by atoms with van der Waals surface area (Å²) >= 11 is 1.51. The molecule has 2 saturated heterocycles. The zero-order valence-electron chi connectivity index (χ0n) is 21.4. The van der Waals surface area contributed by atoms with E-state index in [0.717, 1.165) is 10.5 Å². The van der Waals surface area contributed by atoms with Crippen LogP contribution in [-0.4, -0.2) is 85.9 Å². The Hall–Kier alpha value is -3.05.